The van der Waals surface area contributed by atoms with Crippen molar-refractivity contribution < 1.29 is 23.6 Å². The lowest BCUT2D eigenvalue weighted by atomic mass is 10.1. The number of imide groups is 2. The van der Waals surface area contributed by atoms with E-state index in [0.29, 0.717) is 10.5 Å². The van der Waals surface area contributed by atoms with E-state index in [1.807, 2.05) is 0 Å². The SMILES string of the molecule is CC(c1ccccc1)N1C(=O)C(=O)N(CC(=O)c2ccc(F)cc2)C1=O. The summed E-state index contributed by atoms with van der Waals surface area (Å²) >= 11 is 0. The smallest absolute Gasteiger partial charge is 0.292 e. The molecule has 1 atom stereocenters. The highest BCUT2D eigenvalue weighted by Crippen LogP contribution is 2.26. The maximum atomic E-state index is 13.0. The second kappa shape index (κ2) is 6.87. The molecule has 0 spiro atoms. The van der Waals surface area contributed by atoms with Crippen molar-refractivity contribution in [1.29, 1.82) is 0 Å². The molecule has 7 heteroatoms. The van der Waals surface area contributed by atoms with Gasteiger partial charge in [0.2, 0.25) is 0 Å². The number of Topliss-reactive ketones (excluding diaryl/α,β-unsaturated/α-hetero) is 1. The largest absolute Gasteiger partial charge is 0.335 e. The van der Waals surface area contributed by atoms with E-state index in [9.17, 15) is 23.6 Å². The normalized spacial score (nSPS) is 15.5. The number of urea groups is 1. The van der Waals surface area contributed by atoms with E-state index in [4.69, 9.17) is 0 Å². The Morgan fingerprint density at radius 2 is 1.58 bits per heavy atom. The Morgan fingerprint density at radius 3 is 2.19 bits per heavy atom. The van der Waals surface area contributed by atoms with E-state index in [-0.39, 0.29) is 5.56 Å². The van der Waals surface area contributed by atoms with E-state index in [1.54, 1.807) is 37.3 Å². The fourth-order valence-electron chi connectivity index (χ4n) is 2.75. The van der Waals surface area contributed by atoms with Crippen LogP contribution in [0.1, 0.15) is 28.9 Å². The summed E-state index contributed by atoms with van der Waals surface area (Å²) in [5.74, 6) is -3.09. The van der Waals surface area contributed by atoms with Crippen LogP contribution in [-0.2, 0) is 9.59 Å². The van der Waals surface area contributed by atoms with Crippen molar-refractivity contribution in [3.05, 3.63) is 71.5 Å². The van der Waals surface area contributed by atoms with Crippen LogP contribution in [0.3, 0.4) is 0 Å². The van der Waals surface area contributed by atoms with Crippen LogP contribution in [0, 0.1) is 5.82 Å². The number of carbonyl (C=O) groups excluding carboxylic acids is 4. The predicted molar refractivity (Wildman–Crippen MR) is 89.5 cm³/mol. The number of amides is 4. The number of ketones is 1. The van der Waals surface area contributed by atoms with Crippen molar-refractivity contribution >= 4 is 23.6 Å². The zero-order chi connectivity index (χ0) is 18.8. The predicted octanol–water partition coefficient (Wildman–Crippen LogP) is 2.56. The highest BCUT2D eigenvalue weighted by atomic mass is 19.1. The zero-order valence-corrected chi connectivity index (χ0v) is 13.9. The van der Waals surface area contributed by atoms with Gasteiger partial charge in [-0.05, 0) is 36.8 Å². The summed E-state index contributed by atoms with van der Waals surface area (Å²) in [5, 5.41) is 0. The average Bonchev–Trinajstić information content (AvgIpc) is 2.86. The van der Waals surface area contributed by atoms with Gasteiger partial charge < -0.3 is 0 Å². The summed E-state index contributed by atoms with van der Waals surface area (Å²) in [6.07, 6.45) is 0. The van der Waals surface area contributed by atoms with Gasteiger partial charge in [-0.3, -0.25) is 14.4 Å². The van der Waals surface area contributed by atoms with Gasteiger partial charge in [-0.1, -0.05) is 30.3 Å². The number of halogens is 1. The molecule has 6 nitrogen and oxygen atoms in total. The van der Waals surface area contributed by atoms with E-state index in [1.165, 1.54) is 12.1 Å². The number of hydrogen-bond acceptors (Lipinski definition) is 4. The van der Waals surface area contributed by atoms with Gasteiger partial charge in [-0.25, -0.2) is 19.0 Å². The number of benzene rings is 2. The number of nitrogens with zero attached hydrogens (tertiary/aromatic N) is 2. The van der Waals surface area contributed by atoms with Crippen LogP contribution < -0.4 is 0 Å². The van der Waals surface area contributed by atoms with Gasteiger partial charge in [-0.2, -0.15) is 0 Å². The molecular weight excluding hydrogens is 339 g/mol. The van der Waals surface area contributed by atoms with Crippen LogP contribution >= 0.6 is 0 Å². The highest BCUT2D eigenvalue weighted by molar-refractivity contribution is 6.45. The molecule has 2 aromatic rings. The third-order valence-electron chi connectivity index (χ3n) is 4.22. The van der Waals surface area contributed by atoms with Crippen LogP contribution in [0.15, 0.2) is 54.6 Å². The van der Waals surface area contributed by atoms with Crippen LogP contribution in [0.2, 0.25) is 0 Å². The standard InChI is InChI=1S/C19H15FN2O4/c1-12(13-5-3-2-4-6-13)22-18(25)17(24)21(19(22)26)11-16(23)14-7-9-15(20)10-8-14/h2-10,12H,11H2,1H3. The molecular formula is C19H15FN2O4. The molecule has 1 fully saturated rings. The Bertz CT molecular complexity index is 880. The van der Waals surface area contributed by atoms with Gasteiger partial charge in [0, 0.05) is 5.56 Å². The van der Waals surface area contributed by atoms with Crippen LogP contribution in [0.5, 0.6) is 0 Å². The average molecular weight is 354 g/mol. The first-order valence-electron chi connectivity index (χ1n) is 7.93. The molecule has 1 aliphatic rings. The molecule has 0 radical (unpaired) electrons. The third-order valence-corrected chi connectivity index (χ3v) is 4.22. The third kappa shape index (κ3) is 3.11. The molecule has 0 bridgehead atoms. The first-order valence-corrected chi connectivity index (χ1v) is 7.93. The second-order valence-corrected chi connectivity index (χ2v) is 5.87. The first kappa shape index (κ1) is 17.5. The molecule has 0 aliphatic carbocycles. The summed E-state index contributed by atoms with van der Waals surface area (Å²) in [5.41, 5.74) is 0.836. The van der Waals surface area contributed by atoms with Crippen molar-refractivity contribution in [1.82, 2.24) is 9.80 Å². The maximum Gasteiger partial charge on any atom is 0.335 e. The van der Waals surface area contributed by atoms with Gasteiger partial charge >= 0.3 is 17.8 Å². The molecule has 4 amide bonds. The Labute approximate surface area is 148 Å². The molecule has 26 heavy (non-hydrogen) atoms. The minimum Gasteiger partial charge on any atom is -0.292 e. The van der Waals surface area contributed by atoms with Crippen molar-refractivity contribution in [2.45, 2.75) is 13.0 Å². The molecule has 3 rings (SSSR count). The van der Waals surface area contributed by atoms with E-state index >= 15 is 0 Å². The van der Waals surface area contributed by atoms with Gasteiger partial charge in [0.25, 0.3) is 0 Å². The lowest BCUT2D eigenvalue weighted by Crippen LogP contribution is -2.37. The summed E-state index contributed by atoms with van der Waals surface area (Å²) in [6, 6.07) is 12.0. The molecule has 1 aliphatic heterocycles. The molecule has 1 saturated heterocycles. The van der Waals surface area contributed by atoms with Gasteiger partial charge in [0.15, 0.2) is 5.78 Å². The summed E-state index contributed by atoms with van der Waals surface area (Å²) in [4.78, 5) is 50.7. The summed E-state index contributed by atoms with van der Waals surface area (Å²) in [6.45, 7) is 1.05. The zero-order valence-electron chi connectivity index (χ0n) is 13.9. The first-order chi connectivity index (χ1) is 12.4. The van der Waals surface area contributed by atoms with E-state index in [2.05, 4.69) is 0 Å². The summed E-state index contributed by atoms with van der Waals surface area (Å²) < 4.78 is 13.0. The van der Waals surface area contributed by atoms with Crippen molar-refractivity contribution in [3.8, 4) is 0 Å². The topological polar surface area (TPSA) is 74.8 Å². The number of carbonyl (C=O) groups is 4. The lowest BCUT2D eigenvalue weighted by molar-refractivity contribution is -0.143. The second-order valence-electron chi connectivity index (χ2n) is 5.87. The molecule has 1 unspecified atom stereocenters. The Kier molecular flexibility index (Phi) is 4.62. The highest BCUT2D eigenvalue weighted by Gasteiger charge is 2.47. The fourth-order valence-corrected chi connectivity index (χ4v) is 2.75. The lowest BCUT2D eigenvalue weighted by Gasteiger charge is -2.22. The quantitative estimate of drug-likeness (QED) is 0.470. The fraction of sp³-hybridized carbons (Fsp3) is 0.158. The number of rotatable bonds is 5. The van der Waals surface area contributed by atoms with Crippen molar-refractivity contribution in [2.24, 2.45) is 0 Å². The molecule has 132 valence electrons. The van der Waals surface area contributed by atoms with Crippen LogP contribution in [0.4, 0.5) is 9.18 Å². The minimum absolute atomic E-state index is 0.147. The Morgan fingerprint density at radius 1 is 0.962 bits per heavy atom. The Balaban J connectivity index is 1.80. The van der Waals surface area contributed by atoms with E-state index < -0.39 is 42.0 Å². The maximum absolute atomic E-state index is 13.0. The Hall–Kier alpha value is -3.35. The van der Waals surface area contributed by atoms with Gasteiger partial charge in [0.1, 0.15) is 5.82 Å². The van der Waals surface area contributed by atoms with Gasteiger partial charge in [-0.15, -0.1) is 0 Å². The minimum atomic E-state index is -1.05. The molecule has 0 N–H and O–H groups in total. The van der Waals surface area contributed by atoms with Gasteiger partial charge in [0.05, 0.1) is 12.6 Å². The molecule has 2 aromatic carbocycles. The van der Waals surface area contributed by atoms with Crippen molar-refractivity contribution in [2.75, 3.05) is 6.54 Å². The molecule has 1 heterocycles. The van der Waals surface area contributed by atoms with Crippen LogP contribution in [0.25, 0.3) is 0 Å². The van der Waals surface area contributed by atoms with E-state index in [0.717, 1.165) is 17.0 Å². The summed E-state index contributed by atoms with van der Waals surface area (Å²) in [7, 11) is 0. The van der Waals surface area contributed by atoms with Crippen LogP contribution in [-0.4, -0.2) is 40.0 Å². The monoisotopic (exact) mass is 354 g/mol. The molecule has 0 aromatic heterocycles. The molecule has 0 saturated carbocycles. The number of hydrogen-bond donors (Lipinski definition) is 0. The van der Waals surface area contributed by atoms with Crippen molar-refractivity contribution in [3.63, 3.8) is 0 Å².